The van der Waals surface area contributed by atoms with Crippen LogP contribution in [0.2, 0.25) is 0 Å². The molecule has 0 unspecified atom stereocenters. The van der Waals surface area contributed by atoms with Crippen molar-refractivity contribution in [3.05, 3.63) is 0 Å². The average Bonchev–Trinajstić information content (AvgIpc) is 1.82. The SMILES string of the molecule is C[C@H]1O[S@@](=O)OC(C)(C)C1(C)C. The zero-order chi connectivity index (χ0) is 9.57. The van der Waals surface area contributed by atoms with Crippen LogP contribution in [0.5, 0.6) is 0 Å². The van der Waals surface area contributed by atoms with Gasteiger partial charge in [0.2, 0.25) is 0 Å². The van der Waals surface area contributed by atoms with E-state index in [4.69, 9.17) is 8.37 Å². The lowest BCUT2D eigenvalue weighted by Crippen LogP contribution is -2.53. The normalized spacial score (nSPS) is 39.4. The monoisotopic (exact) mass is 192 g/mol. The second-order valence-electron chi connectivity index (χ2n) is 4.26. The van der Waals surface area contributed by atoms with E-state index in [1.807, 2.05) is 34.6 Å². The highest BCUT2D eigenvalue weighted by molar-refractivity contribution is 7.75. The Morgan fingerprint density at radius 2 is 1.75 bits per heavy atom. The smallest absolute Gasteiger partial charge is 0.265 e. The highest BCUT2D eigenvalue weighted by Crippen LogP contribution is 2.42. The van der Waals surface area contributed by atoms with Crippen LogP contribution >= 0.6 is 0 Å². The molecule has 0 saturated carbocycles. The van der Waals surface area contributed by atoms with Gasteiger partial charge in [0.1, 0.15) is 0 Å². The Balaban J connectivity index is 2.94. The molecule has 2 atom stereocenters. The van der Waals surface area contributed by atoms with Crippen LogP contribution in [0, 0.1) is 5.41 Å². The van der Waals surface area contributed by atoms with Gasteiger partial charge in [-0.15, -0.1) is 0 Å². The van der Waals surface area contributed by atoms with Crippen LogP contribution in [0.3, 0.4) is 0 Å². The second-order valence-corrected chi connectivity index (χ2v) is 5.03. The molecule has 0 radical (unpaired) electrons. The van der Waals surface area contributed by atoms with Crippen LogP contribution in [-0.4, -0.2) is 15.9 Å². The van der Waals surface area contributed by atoms with E-state index in [9.17, 15) is 4.21 Å². The lowest BCUT2D eigenvalue weighted by Gasteiger charge is -2.47. The van der Waals surface area contributed by atoms with Gasteiger partial charge in [-0.2, -0.15) is 4.21 Å². The van der Waals surface area contributed by atoms with Crippen LogP contribution in [0.1, 0.15) is 34.6 Å². The van der Waals surface area contributed by atoms with Crippen molar-refractivity contribution in [2.24, 2.45) is 5.41 Å². The topological polar surface area (TPSA) is 35.5 Å². The average molecular weight is 192 g/mol. The quantitative estimate of drug-likeness (QED) is 0.587. The summed E-state index contributed by atoms with van der Waals surface area (Å²) in [5.41, 5.74) is -0.531. The van der Waals surface area contributed by atoms with Crippen molar-refractivity contribution in [2.45, 2.75) is 46.3 Å². The predicted molar refractivity (Wildman–Crippen MR) is 47.6 cm³/mol. The van der Waals surface area contributed by atoms with E-state index in [0.717, 1.165) is 0 Å². The molecule has 0 amide bonds. The minimum absolute atomic E-state index is 0.0536. The fourth-order valence-electron chi connectivity index (χ4n) is 1.02. The molecule has 1 rings (SSSR count). The first kappa shape index (κ1) is 10.2. The molecule has 3 nitrogen and oxygen atoms in total. The van der Waals surface area contributed by atoms with Gasteiger partial charge < -0.3 is 0 Å². The molecular formula is C8H16O3S. The first-order valence-corrected chi connectivity index (χ1v) is 5.06. The van der Waals surface area contributed by atoms with E-state index in [-0.39, 0.29) is 11.5 Å². The fourth-order valence-corrected chi connectivity index (χ4v) is 2.10. The summed E-state index contributed by atoms with van der Waals surface area (Å²) in [6, 6.07) is 0. The summed E-state index contributed by atoms with van der Waals surface area (Å²) in [4.78, 5) is 0. The maximum Gasteiger partial charge on any atom is 0.305 e. The summed E-state index contributed by atoms with van der Waals surface area (Å²) in [5, 5.41) is 0. The third kappa shape index (κ3) is 1.43. The van der Waals surface area contributed by atoms with Crippen LogP contribution in [0.4, 0.5) is 0 Å². The summed E-state index contributed by atoms with van der Waals surface area (Å²) < 4.78 is 21.3. The minimum atomic E-state index is -1.59. The highest BCUT2D eigenvalue weighted by atomic mass is 32.2. The van der Waals surface area contributed by atoms with Crippen LogP contribution in [0.25, 0.3) is 0 Å². The number of rotatable bonds is 0. The molecule has 4 heteroatoms. The van der Waals surface area contributed by atoms with Gasteiger partial charge in [0.25, 0.3) is 0 Å². The van der Waals surface area contributed by atoms with Crippen molar-refractivity contribution in [2.75, 3.05) is 0 Å². The molecule has 0 bridgehead atoms. The van der Waals surface area contributed by atoms with Crippen LogP contribution < -0.4 is 0 Å². The summed E-state index contributed by atoms with van der Waals surface area (Å²) in [5.74, 6) is 0. The van der Waals surface area contributed by atoms with E-state index in [2.05, 4.69) is 0 Å². The molecule has 0 aromatic carbocycles. The number of hydrogen-bond donors (Lipinski definition) is 0. The molecule has 1 heterocycles. The third-order valence-corrected chi connectivity index (χ3v) is 4.07. The summed E-state index contributed by atoms with van der Waals surface area (Å²) in [6.45, 7) is 9.89. The van der Waals surface area contributed by atoms with Gasteiger partial charge in [-0.3, -0.25) is 8.37 Å². The zero-order valence-electron chi connectivity index (χ0n) is 8.21. The Morgan fingerprint density at radius 3 is 2.17 bits per heavy atom. The molecule has 0 spiro atoms. The molecule has 1 aliphatic rings. The summed E-state index contributed by atoms with van der Waals surface area (Å²) in [6.07, 6.45) is -0.0536. The van der Waals surface area contributed by atoms with Crippen molar-refractivity contribution in [1.29, 1.82) is 0 Å². The highest BCUT2D eigenvalue weighted by Gasteiger charge is 2.49. The van der Waals surface area contributed by atoms with E-state index < -0.39 is 17.0 Å². The minimum Gasteiger partial charge on any atom is -0.265 e. The Hall–Kier alpha value is 0.0700. The van der Waals surface area contributed by atoms with Gasteiger partial charge in [-0.05, 0) is 20.8 Å². The Labute approximate surface area is 76.3 Å². The van der Waals surface area contributed by atoms with Gasteiger partial charge in [0, 0.05) is 5.41 Å². The molecule has 1 saturated heterocycles. The van der Waals surface area contributed by atoms with Gasteiger partial charge in [-0.1, -0.05) is 13.8 Å². The summed E-state index contributed by atoms with van der Waals surface area (Å²) >= 11 is -1.59. The van der Waals surface area contributed by atoms with Gasteiger partial charge in [0.05, 0.1) is 11.7 Å². The second kappa shape index (κ2) is 2.79. The summed E-state index contributed by atoms with van der Waals surface area (Å²) in [7, 11) is 0. The Morgan fingerprint density at radius 1 is 1.25 bits per heavy atom. The molecule has 0 aromatic rings. The largest absolute Gasteiger partial charge is 0.305 e. The van der Waals surface area contributed by atoms with E-state index in [0.29, 0.717) is 0 Å². The van der Waals surface area contributed by atoms with Crippen molar-refractivity contribution in [3.63, 3.8) is 0 Å². The first-order chi connectivity index (χ1) is 5.27. The van der Waals surface area contributed by atoms with Gasteiger partial charge >= 0.3 is 11.4 Å². The molecule has 1 aliphatic heterocycles. The Bertz CT molecular complexity index is 210. The van der Waals surface area contributed by atoms with E-state index >= 15 is 0 Å². The molecule has 0 aromatic heterocycles. The van der Waals surface area contributed by atoms with Crippen molar-refractivity contribution >= 4 is 11.4 Å². The predicted octanol–water partition coefficient (Wildman–Crippen LogP) is 1.81. The molecule has 0 aliphatic carbocycles. The van der Waals surface area contributed by atoms with Gasteiger partial charge in [-0.25, -0.2) is 0 Å². The molecule has 12 heavy (non-hydrogen) atoms. The molecule has 72 valence electrons. The van der Waals surface area contributed by atoms with E-state index in [1.54, 1.807) is 0 Å². The fraction of sp³-hybridized carbons (Fsp3) is 1.00. The molecule has 0 N–H and O–H groups in total. The lowest BCUT2D eigenvalue weighted by molar-refractivity contribution is -0.105. The maximum absolute atomic E-state index is 11.0. The first-order valence-electron chi connectivity index (χ1n) is 4.06. The van der Waals surface area contributed by atoms with Gasteiger partial charge in [0.15, 0.2) is 0 Å². The molecule has 1 fully saturated rings. The van der Waals surface area contributed by atoms with Crippen LogP contribution in [0.15, 0.2) is 0 Å². The maximum atomic E-state index is 11.0. The third-order valence-electron chi connectivity index (χ3n) is 3.07. The van der Waals surface area contributed by atoms with Crippen molar-refractivity contribution < 1.29 is 12.6 Å². The van der Waals surface area contributed by atoms with Crippen LogP contribution in [-0.2, 0) is 19.7 Å². The van der Waals surface area contributed by atoms with Crippen molar-refractivity contribution in [3.8, 4) is 0 Å². The van der Waals surface area contributed by atoms with Crippen molar-refractivity contribution in [1.82, 2.24) is 0 Å². The lowest BCUT2D eigenvalue weighted by atomic mass is 9.73. The zero-order valence-corrected chi connectivity index (χ0v) is 9.03. The van der Waals surface area contributed by atoms with E-state index in [1.165, 1.54) is 0 Å². The Kier molecular flexibility index (Phi) is 2.36. The standard InChI is InChI=1S/C8H16O3S/c1-6-7(2,3)8(4,5)11-12(9)10-6/h6H,1-5H3/t6-,12-/m1/s1. The number of hydrogen-bond acceptors (Lipinski definition) is 3. The molecular weight excluding hydrogens is 176 g/mol.